The third kappa shape index (κ3) is 3.20. The highest BCUT2D eigenvalue weighted by atomic mass is 16.4. The summed E-state index contributed by atoms with van der Waals surface area (Å²) in [6, 6.07) is 0. The van der Waals surface area contributed by atoms with Crippen LogP contribution in [0.15, 0.2) is 0 Å². The van der Waals surface area contributed by atoms with E-state index in [1.54, 1.807) is 6.92 Å². The molecule has 1 rings (SSSR count). The summed E-state index contributed by atoms with van der Waals surface area (Å²) in [5.74, 6) is -1.10. The van der Waals surface area contributed by atoms with Crippen molar-refractivity contribution in [3.05, 3.63) is 0 Å². The largest absolute Gasteiger partial charge is 0.481 e. The van der Waals surface area contributed by atoms with E-state index in [0.717, 1.165) is 12.8 Å². The molecule has 3 unspecified atom stereocenters. The van der Waals surface area contributed by atoms with Gasteiger partial charge >= 0.3 is 5.97 Å². The Labute approximate surface area is 91.5 Å². The first-order chi connectivity index (χ1) is 7.04. The van der Waals surface area contributed by atoms with E-state index in [1.807, 2.05) is 6.92 Å². The highest BCUT2D eigenvalue weighted by molar-refractivity contribution is 5.69. The van der Waals surface area contributed by atoms with Crippen molar-refractivity contribution < 1.29 is 15.0 Å². The molecule has 1 aliphatic rings. The summed E-state index contributed by atoms with van der Waals surface area (Å²) >= 11 is 0. The van der Waals surface area contributed by atoms with E-state index in [0.29, 0.717) is 5.92 Å². The van der Waals surface area contributed by atoms with Crippen molar-refractivity contribution in [3.63, 3.8) is 0 Å². The van der Waals surface area contributed by atoms with Crippen LogP contribution in [0.3, 0.4) is 0 Å². The van der Waals surface area contributed by atoms with Crippen LogP contribution in [0.5, 0.6) is 0 Å². The van der Waals surface area contributed by atoms with Gasteiger partial charge in [-0.1, -0.05) is 33.1 Å². The first kappa shape index (κ1) is 12.5. The van der Waals surface area contributed by atoms with Gasteiger partial charge in [-0.05, 0) is 24.7 Å². The van der Waals surface area contributed by atoms with Crippen molar-refractivity contribution in [1.82, 2.24) is 0 Å². The molecule has 0 bridgehead atoms. The van der Waals surface area contributed by atoms with Gasteiger partial charge in [0.05, 0.1) is 12.0 Å². The molecule has 0 aromatic rings. The van der Waals surface area contributed by atoms with Gasteiger partial charge in [0.15, 0.2) is 0 Å². The minimum absolute atomic E-state index is 0.148. The van der Waals surface area contributed by atoms with Crippen LogP contribution in [-0.2, 0) is 4.79 Å². The van der Waals surface area contributed by atoms with E-state index in [4.69, 9.17) is 5.11 Å². The lowest BCUT2D eigenvalue weighted by Crippen LogP contribution is -2.35. The molecule has 1 saturated carbocycles. The number of carboxylic acids is 1. The molecule has 3 nitrogen and oxygen atoms in total. The molecule has 0 aliphatic heterocycles. The number of hydrogen-bond acceptors (Lipinski definition) is 2. The summed E-state index contributed by atoms with van der Waals surface area (Å²) in [7, 11) is 0. The van der Waals surface area contributed by atoms with Crippen LogP contribution in [0.25, 0.3) is 0 Å². The SMILES string of the molecule is CC(C(=O)O)C(C)C(O)C1CCCCC1. The molecule has 1 aliphatic carbocycles. The maximum Gasteiger partial charge on any atom is 0.306 e. The van der Waals surface area contributed by atoms with Gasteiger partial charge in [0.1, 0.15) is 0 Å². The Balaban J connectivity index is 2.50. The summed E-state index contributed by atoms with van der Waals surface area (Å²) in [4.78, 5) is 10.8. The van der Waals surface area contributed by atoms with E-state index < -0.39 is 18.0 Å². The molecule has 3 heteroatoms. The number of hydrogen-bond donors (Lipinski definition) is 2. The Kier molecular flexibility index (Phi) is 4.58. The lowest BCUT2D eigenvalue weighted by molar-refractivity contribution is -0.145. The van der Waals surface area contributed by atoms with Crippen molar-refractivity contribution in [3.8, 4) is 0 Å². The molecule has 0 saturated heterocycles. The minimum Gasteiger partial charge on any atom is -0.481 e. The Morgan fingerprint density at radius 2 is 1.73 bits per heavy atom. The van der Waals surface area contributed by atoms with Crippen LogP contribution < -0.4 is 0 Å². The smallest absolute Gasteiger partial charge is 0.306 e. The van der Waals surface area contributed by atoms with E-state index in [1.165, 1.54) is 19.3 Å². The lowest BCUT2D eigenvalue weighted by Gasteiger charge is -2.32. The fourth-order valence-electron chi connectivity index (χ4n) is 2.43. The molecule has 0 heterocycles. The van der Waals surface area contributed by atoms with Gasteiger partial charge in [0.2, 0.25) is 0 Å². The highest BCUT2D eigenvalue weighted by Gasteiger charge is 2.31. The summed E-state index contributed by atoms with van der Waals surface area (Å²) < 4.78 is 0. The molecular weight excluding hydrogens is 192 g/mol. The molecule has 0 amide bonds. The summed E-state index contributed by atoms with van der Waals surface area (Å²) in [5, 5.41) is 19.0. The van der Waals surface area contributed by atoms with Crippen LogP contribution in [0.2, 0.25) is 0 Å². The molecule has 0 aromatic heterocycles. The number of aliphatic hydroxyl groups excluding tert-OH is 1. The van der Waals surface area contributed by atoms with Crippen LogP contribution in [0.1, 0.15) is 46.0 Å². The number of rotatable bonds is 4. The molecule has 3 atom stereocenters. The van der Waals surface area contributed by atoms with E-state index in [9.17, 15) is 9.90 Å². The topological polar surface area (TPSA) is 57.5 Å². The fraction of sp³-hybridized carbons (Fsp3) is 0.917. The third-order valence-electron chi connectivity index (χ3n) is 3.85. The average Bonchev–Trinajstić information content (AvgIpc) is 2.27. The average molecular weight is 214 g/mol. The minimum atomic E-state index is -0.808. The van der Waals surface area contributed by atoms with Gasteiger partial charge in [-0.3, -0.25) is 4.79 Å². The Morgan fingerprint density at radius 3 is 2.20 bits per heavy atom. The molecule has 2 N–H and O–H groups in total. The van der Waals surface area contributed by atoms with Crippen molar-refractivity contribution in [2.45, 2.75) is 52.1 Å². The van der Waals surface area contributed by atoms with E-state index in [-0.39, 0.29) is 5.92 Å². The standard InChI is InChI=1S/C12H22O3/c1-8(9(2)12(14)15)11(13)10-6-4-3-5-7-10/h8-11,13H,3-7H2,1-2H3,(H,14,15). The van der Waals surface area contributed by atoms with Gasteiger partial charge in [-0.15, -0.1) is 0 Å². The van der Waals surface area contributed by atoms with Crippen LogP contribution in [-0.4, -0.2) is 22.3 Å². The first-order valence-electron chi connectivity index (χ1n) is 5.95. The summed E-state index contributed by atoms with van der Waals surface area (Å²) in [6.07, 6.45) is 5.27. The Morgan fingerprint density at radius 1 is 1.20 bits per heavy atom. The van der Waals surface area contributed by atoms with E-state index in [2.05, 4.69) is 0 Å². The molecule has 0 radical (unpaired) electrons. The first-order valence-corrected chi connectivity index (χ1v) is 5.95. The number of carbonyl (C=O) groups is 1. The Bertz CT molecular complexity index is 209. The van der Waals surface area contributed by atoms with Crippen LogP contribution in [0, 0.1) is 17.8 Å². The fourth-order valence-corrected chi connectivity index (χ4v) is 2.43. The molecular formula is C12H22O3. The molecule has 15 heavy (non-hydrogen) atoms. The van der Waals surface area contributed by atoms with Gasteiger partial charge < -0.3 is 10.2 Å². The van der Waals surface area contributed by atoms with Gasteiger partial charge in [0.25, 0.3) is 0 Å². The maximum absolute atomic E-state index is 10.8. The van der Waals surface area contributed by atoms with Crippen molar-refractivity contribution >= 4 is 5.97 Å². The molecule has 0 spiro atoms. The second-order valence-corrected chi connectivity index (χ2v) is 4.87. The number of aliphatic carboxylic acids is 1. The molecule has 88 valence electrons. The predicted octanol–water partition coefficient (Wildman–Crippen LogP) is 2.28. The van der Waals surface area contributed by atoms with Crippen molar-refractivity contribution in [2.24, 2.45) is 17.8 Å². The second-order valence-electron chi connectivity index (χ2n) is 4.87. The van der Waals surface area contributed by atoms with Crippen molar-refractivity contribution in [1.29, 1.82) is 0 Å². The normalized spacial score (nSPS) is 24.5. The highest BCUT2D eigenvalue weighted by Crippen LogP contribution is 2.31. The number of carboxylic acid groups (broad SMARTS) is 1. The van der Waals surface area contributed by atoms with Crippen LogP contribution in [0.4, 0.5) is 0 Å². The van der Waals surface area contributed by atoms with E-state index >= 15 is 0 Å². The zero-order valence-corrected chi connectivity index (χ0v) is 9.65. The summed E-state index contributed by atoms with van der Waals surface area (Å²) in [5.41, 5.74) is 0. The maximum atomic E-state index is 10.8. The molecule has 0 aromatic carbocycles. The van der Waals surface area contributed by atoms with Gasteiger partial charge in [-0.25, -0.2) is 0 Å². The number of aliphatic hydroxyl groups is 1. The third-order valence-corrected chi connectivity index (χ3v) is 3.85. The second kappa shape index (κ2) is 5.50. The predicted molar refractivity (Wildman–Crippen MR) is 58.5 cm³/mol. The summed E-state index contributed by atoms with van der Waals surface area (Å²) in [6.45, 7) is 3.52. The van der Waals surface area contributed by atoms with Crippen molar-refractivity contribution in [2.75, 3.05) is 0 Å². The lowest BCUT2D eigenvalue weighted by atomic mass is 9.77. The quantitative estimate of drug-likeness (QED) is 0.755. The van der Waals surface area contributed by atoms with Crippen LogP contribution >= 0.6 is 0 Å². The molecule has 1 fully saturated rings. The van der Waals surface area contributed by atoms with Gasteiger partial charge in [0, 0.05) is 0 Å². The zero-order valence-electron chi connectivity index (χ0n) is 9.65. The monoisotopic (exact) mass is 214 g/mol. The Hall–Kier alpha value is -0.570. The zero-order chi connectivity index (χ0) is 11.4. The van der Waals surface area contributed by atoms with Gasteiger partial charge in [-0.2, -0.15) is 0 Å².